The molecule has 4 heteroatoms. The highest BCUT2D eigenvalue weighted by molar-refractivity contribution is 5.85. The highest BCUT2D eigenvalue weighted by Crippen LogP contribution is 2.32. The Kier molecular flexibility index (Phi) is 4.18. The van der Waals surface area contributed by atoms with Gasteiger partial charge in [-0.2, -0.15) is 0 Å². The van der Waals surface area contributed by atoms with Crippen LogP contribution in [0.4, 0.5) is 0 Å². The first-order chi connectivity index (χ1) is 12.3. The SMILES string of the molecule is COc1ccc([C@@H](CNC(=O)C2CC2)c2c[nH]c3ccccc23)cc1. The number of fused-ring (bicyclic) bond motifs is 1. The first-order valence-electron chi connectivity index (χ1n) is 8.74. The van der Waals surface area contributed by atoms with Gasteiger partial charge in [0.1, 0.15) is 5.75 Å². The zero-order chi connectivity index (χ0) is 17.2. The molecule has 0 aliphatic heterocycles. The van der Waals surface area contributed by atoms with Gasteiger partial charge in [-0.3, -0.25) is 4.79 Å². The van der Waals surface area contributed by atoms with Gasteiger partial charge in [0.25, 0.3) is 0 Å². The normalized spacial score (nSPS) is 15.1. The van der Waals surface area contributed by atoms with E-state index in [4.69, 9.17) is 4.74 Å². The number of benzene rings is 2. The van der Waals surface area contributed by atoms with E-state index in [2.05, 4.69) is 40.8 Å². The van der Waals surface area contributed by atoms with E-state index >= 15 is 0 Å². The zero-order valence-electron chi connectivity index (χ0n) is 14.3. The maximum atomic E-state index is 12.1. The van der Waals surface area contributed by atoms with Crippen LogP contribution in [0.25, 0.3) is 10.9 Å². The lowest BCUT2D eigenvalue weighted by molar-refractivity contribution is -0.122. The number of carbonyl (C=O) groups excluding carboxylic acids is 1. The van der Waals surface area contributed by atoms with Gasteiger partial charge in [-0.15, -0.1) is 0 Å². The second-order valence-corrected chi connectivity index (χ2v) is 6.63. The molecule has 2 aromatic carbocycles. The molecule has 0 radical (unpaired) electrons. The lowest BCUT2D eigenvalue weighted by Gasteiger charge is -2.18. The largest absolute Gasteiger partial charge is 0.497 e. The number of para-hydroxylation sites is 1. The zero-order valence-corrected chi connectivity index (χ0v) is 14.3. The van der Waals surface area contributed by atoms with Gasteiger partial charge in [-0.05, 0) is 42.2 Å². The van der Waals surface area contributed by atoms with Crippen molar-refractivity contribution in [3.8, 4) is 5.75 Å². The van der Waals surface area contributed by atoms with Crippen LogP contribution in [0.2, 0.25) is 0 Å². The fourth-order valence-corrected chi connectivity index (χ4v) is 3.32. The minimum Gasteiger partial charge on any atom is -0.497 e. The van der Waals surface area contributed by atoms with Gasteiger partial charge in [0.15, 0.2) is 0 Å². The van der Waals surface area contributed by atoms with Gasteiger partial charge in [-0.1, -0.05) is 30.3 Å². The van der Waals surface area contributed by atoms with E-state index in [0.29, 0.717) is 6.54 Å². The Morgan fingerprint density at radius 3 is 2.68 bits per heavy atom. The third-order valence-electron chi connectivity index (χ3n) is 4.94. The molecule has 1 atom stereocenters. The van der Waals surface area contributed by atoms with Crippen molar-refractivity contribution in [1.29, 1.82) is 0 Å². The average Bonchev–Trinajstić information content (AvgIpc) is 3.43. The summed E-state index contributed by atoms with van der Waals surface area (Å²) in [6.45, 7) is 0.601. The van der Waals surface area contributed by atoms with Gasteiger partial charge < -0.3 is 15.0 Å². The summed E-state index contributed by atoms with van der Waals surface area (Å²) in [5.41, 5.74) is 3.49. The molecule has 1 aliphatic carbocycles. The molecular formula is C21H22N2O2. The van der Waals surface area contributed by atoms with Crippen molar-refractivity contribution < 1.29 is 9.53 Å². The summed E-state index contributed by atoms with van der Waals surface area (Å²) in [5.74, 6) is 1.34. The molecule has 128 valence electrons. The summed E-state index contributed by atoms with van der Waals surface area (Å²) in [6.07, 6.45) is 4.10. The van der Waals surface area contributed by atoms with Gasteiger partial charge in [0.2, 0.25) is 5.91 Å². The Balaban J connectivity index is 1.67. The third kappa shape index (κ3) is 3.25. The van der Waals surface area contributed by atoms with Gasteiger partial charge in [-0.25, -0.2) is 0 Å². The molecule has 1 fully saturated rings. The molecule has 0 unspecified atom stereocenters. The predicted molar refractivity (Wildman–Crippen MR) is 98.9 cm³/mol. The summed E-state index contributed by atoms with van der Waals surface area (Å²) in [7, 11) is 1.67. The molecule has 3 aromatic rings. The Morgan fingerprint density at radius 1 is 1.20 bits per heavy atom. The van der Waals surface area contributed by atoms with Crippen LogP contribution < -0.4 is 10.1 Å². The summed E-state index contributed by atoms with van der Waals surface area (Å²) < 4.78 is 5.27. The number of ether oxygens (including phenoxy) is 1. The number of hydrogen-bond acceptors (Lipinski definition) is 2. The second-order valence-electron chi connectivity index (χ2n) is 6.63. The Hall–Kier alpha value is -2.75. The first-order valence-corrected chi connectivity index (χ1v) is 8.74. The summed E-state index contributed by atoms with van der Waals surface area (Å²) in [6, 6.07) is 16.4. The lowest BCUT2D eigenvalue weighted by atomic mass is 9.90. The molecule has 1 aliphatic rings. The van der Waals surface area contributed by atoms with Crippen LogP contribution in [0.1, 0.15) is 29.9 Å². The van der Waals surface area contributed by atoms with E-state index in [1.165, 1.54) is 16.5 Å². The van der Waals surface area contributed by atoms with Crippen molar-refractivity contribution in [3.05, 3.63) is 65.9 Å². The fraction of sp³-hybridized carbons (Fsp3) is 0.286. The van der Waals surface area contributed by atoms with Crippen molar-refractivity contribution in [3.63, 3.8) is 0 Å². The van der Waals surface area contributed by atoms with E-state index in [-0.39, 0.29) is 17.7 Å². The van der Waals surface area contributed by atoms with E-state index in [9.17, 15) is 4.79 Å². The first kappa shape index (κ1) is 15.8. The topological polar surface area (TPSA) is 54.1 Å². The number of hydrogen-bond donors (Lipinski definition) is 2. The molecule has 1 saturated carbocycles. The number of nitrogens with one attached hydrogen (secondary N) is 2. The highest BCUT2D eigenvalue weighted by atomic mass is 16.5. The van der Waals surface area contributed by atoms with Crippen LogP contribution in [0.3, 0.4) is 0 Å². The Bertz CT molecular complexity index is 878. The van der Waals surface area contributed by atoms with Crippen LogP contribution >= 0.6 is 0 Å². The van der Waals surface area contributed by atoms with Crippen molar-refractivity contribution >= 4 is 16.8 Å². The van der Waals surface area contributed by atoms with Crippen LogP contribution in [0.15, 0.2) is 54.7 Å². The molecule has 4 nitrogen and oxygen atoms in total. The van der Waals surface area contributed by atoms with Crippen LogP contribution in [-0.4, -0.2) is 24.5 Å². The summed E-state index contributed by atoms with van der Waals surface area (Å²) >= 11 is 0. The number of H-pyrrole nitrogens is 1. The number of aromatic nitrogens is 1. The van der Waals surface area contributed by atoms with Crippen LogP contribution in [-0.2, 0) is 4.79 Å². The van der Waals surface area contributed by atoms with E-state index in [1.807, 2.05) is 24.3 Å². The predicted octanol–water partition coefficient (Wildman–Crippen LogP) is 3.83. The standard InChI is InChI=1S/C21H22N2O2/c1-25-16-10-8-14(9-11-16)18(12-23-21(24)15-6-7-15)19-13-22-20-5-3-2-4-17(19)20/h2-5,8-11,13,15,18,22H,6-7,12H2,1H3,(H,23,24)/t18-/m1/s1. The van der Waals surface area contributed by atoms with Crippen molar-refractivity contribution in [1.82, 2.24) is 10.3 Å². The molecule has 1 amide bonds. The molecule has 1 heterocycles. The molecule has 2 N–H and O–H groups in total. The molecule has 0 saturated heterocycles. The number of rotatable bonds is 6. The molecule has 1 aromatic heterocycles. The van der Waals surface area contributed by atoms with Crippen molar-refractivity contribution in [2.45, 2.75) is 18.8 Å². The van der Waals surface area contributed by atoms with E-state index in [0.717, 1.165) is 24.1 Å². The molecule has 25 heavy (non-hydrogen) atoms. The third-order valence-corrected chi connectivity index (χ3v) is 4.94. The second kappa shape index (κ2) is 6.63. The van der Waals surface area contributed by atoms with Crippen LogP contribution in [0.5, 0.6) is 5.75 Å². The van der Waals surface area contributed by atoms with Gasteiger partial charge >= 0.3 is 0 Å². The highest BCUT2D eigenvalue weighted by Gasteiger charge is 2.30. The maximum Gasteiger partial charge on any atom is 0.223 e. The van der Waals surface area contributed by atoms with Crippen molar-refractivity contribution in [2.24, 2.45) is 5.92 Å². The van der Waals surface area contributed by atoms with Gasteiger partial charge in [0, 0.05) is 35.5 Å². The van der Waals surface area contributed by atoms with E-state index in [1.54, 1.807) is 7.11 Å². The molecule has 0 bridgehead atoms. The Morgan fingerprint density at radius 2 is 1.96 bits per heavy atom. The van der Waals surface area contributed by atoms with Gasteiger partial charge in [0.05, 0.1) is 7.11 Å². The number of amides is 1. The molecular weight excluding hydrogens is 312 g/mol. The summed E-state index contributed by atoms with van der Waals surface area (Å²) in [4.78, 5) is 15.5. The smallest absolute Gasteiger partial charge is 0.223 e. The molecule has 4 rings (SSSR count). The average molecular weight is 334 g/mol. The number of carbonyl (C=O) groups is 1. The maximum absolute atomic E-state index is 12.1. The monoisotopic (exact) mass is 334 g/mol. The van der Waals surface area contributed by atoms with Crippen molar-refractivity contribution in [2.75, 3.05) is 13.7 Å². The number of aromatic amines is 1. The minimum absolute atomic E-state index is 0.102. The molecule has 0 spiro atoms. The Labute approximate surface area is 147 Å². The van der Waals surface area contributed by atoms with E-state index < -0.39 is 0 Å². The quantitative estimate of drug-likeness (QED) is 0.720. The number of methoxy groups -OCH3 is 1. The van der Waals surface area contributed by atoms with Crippen LogP contribution in [0, 0.1) is 5.92 Å². The lowest BCUT2D eigenvalue weighted by Crippen LogP contribution is -2.30. The fourth-order valence-electron chi connectivity index (χ4n) is 3.32. The summed E-state index contributed by atoms with van der Waals surface area (Å²) in [5, 5.41) is 4.34. The minimum atomic E-state index is 0.102.